The molecule has 3 N–H and O–H groups in total. The third-order valence-corrected chi connectivity index (χ3v) is 4.12. The summed E-state index contributed by atoms with van der Waals surface area (Å²) in [6.07, 6.45) is 0.734. The molecule has 2 rings (SSSR count). The fourth-order valence-corrected chi connectivity index (χ4v) is 2.77. The highest BCUT2D eigenvalue weighted by atomic mass is 35.5. The molecule has 0 aliphatic carbocycles. The molecule has 0 spiro atoms. The Bertz CT molecular complexity index is 845. The lowest BCUT2D eigenvalue weighted by molar-refractivity contribution is -0.114. The van der Waals surface area contributed by atoms with E-state index >= 15 is 0 Å². The first-order chi connectivity index (χ1) is 13.9. The maximum absolute atomic E-state index is 12.5. The second-order valence-corrected chi connectivity index (χ2v) is 6.55. The van der Waals surface area contributed by atoms with Crippen LogP contribution in [-0.4, -0.2) is 32.1 Å². The topological polar surface area (TPSA) is 74.8 Å². The molecule has 0 aromatic heterocycles. The molecule has 2 aromatic carbocycles. The predicted octanol–water partition coefficient (Wildman–Crippen LogP) is 3.81. The number of anilines is 1. The van der Waals surface area contributed by atoms with Crippen molar-refractivity contribution in [1.82, 2.24) is 10.6 Å². The second kappa shape index (κ2) is 11.2. The molecule has 156 valence electrons. The number of aliphatic imine (C=N–C) groups is 1. The monoisotopic (exact) mass is 424 g/mol. The Morgan fingerprint density at radius 3 is 2.52 bits per heavy atom. The predicted molar refractivity (Wildman–Crippen MR) is 111 cm³/mol. The van der Waals surface area contributed by atoms with Crippen LogP contribution in [0, 0.1) is 0 Å². The summed E-state index contributed by atoms with van der Waals surface area (Å²) >= 11 is 5.95. The molecule has 0 aliphatic heterocycles. The highest BCUT2D eigenvalue weighted by Crippen LogP contribution is 2.24. The van der Waals surface area contributed by atoms with E-state index in [0.717, 1.165) is 17.7 Å². The van der Waals surface area contributed by atoms with E-state index in [1.807, 2.05) is 24.3 Å². The zero-order valence-electron chi connectivity index (χ0n) is 16.1. The van der Waals surface area contributed by atoms with Crippen molar-refractivity contribution in [3.05, 3.63) is 58.6 Å². The van der Waals surface area contributed by atoms with E-state index in [1.54, 1.807) is 13.1 Å². The third-order valence-electron chi connectivity index (χ3n) is 3.89. The molecule has 0 atom stereocenters. The standard InChI is InChI=1S/C20H23ClF2N4O2/c1-13(28)27-17-6-3-14(4-7-17)9-10-25-20(24-2)26-12-15-11-16(21)5-8-18(15)29-19(22)23/h3-8,11,19H,9-10,12H2,1-2H3,(H,27,28)(H2,24,25,26). The van der Waals surface area contributed by atoms with Crippen LogP contribution in [0.4, 0.5) is 14.5 Å². The van der Waals surface area contributed by atoms with Crippen molar-refractivity contribution in [2.75, 3.05) is 18.9 Å². The van der Waals surface area contributed by atoms with Gasteiger partial charge in [0, 0.05) is 43.3 Å². The molecule has 0 bridgehead atoms. The van der Waals surface area contributed by atoms with Crippen LogP contribution in [0.3, 0.4) is 0 Å². The lowest BCUT2D eigenvalue weighted by Crippen LogP contribution is -2.38. The maximum Gasteiger partial charge on any atom is 0.387 e. The van der Waals surface area contributed by atoms with Gasteiger partial charge in [0.25, 0.3) is 0 Å². The molecule has 1 amide bonds. The Labute approximate surface area is 173 Å². The van der Waals surface area contributed by atoms with Gasteiger partial charge in [-0.1, -0.05) is 23.7 Å². The van der Waals surface area contributed by atoms with Crippen molar-refractivity contribution in [3.63, 3.8) is 0 Å². The van der Waals surface area contributed by atoms with Crippen LogP contribution in [0.15, 0.2) is 47.5 Å². The average molecular weight is 425 g/mol. The van der Waals surface area contributed by atoms with E-state index < -0.39 is 6.61 Å². The molecule has 2 aromatic rings. The van der Waals surface area contributed by atoms with E-state index in [0.29, 0.717) is 23.1 Å². The molecular weight excluding hydrogens is 402 g/mol. The number of carbonyl (C=O) groups is 1. The van der Waals surface area contributed by atoms with E-state index in [-0.39, 0.29) is 18.2 Å². The molecule has 0 heterocycles. The van der Waals surface area contributed by atoms with E-state index in [2.05, 4.69) is 25.7 Å². The van der Waals surface area contributed by atoms with Gasteiger partial charge < -0.3 is 20.7 Å². The van der Waals surface area contributed by atoms with E-state index in [9.17, 15) is 13.6 Å². The largest absolute Gasteiger partial charge is 0.434 e. The normalized spacial score (nSPS) is 11.3. The number of hydrogen-bond donors (Lipinski definition) is 3. The van der Waals surface area contributed by atoms with Crippen LogP contribution in [0.2, 0.25) is 5.02 Å². The van der Waals surface area contributed by atoms with Crippen molar-refractivity contribution in [2.24, 2.45) is 4.99 Å². The van der Waals surface area contributed by atoms with Crippen LogP contribution in [0.25, 0.3) is 0 Å². The fraction of sp³-hybridized carbons (Fsp3) is 0.300. The van der Waals surface area contributed by atoms with Gasteiger partial charge in [-0.3, -0.25) is 9.79 Å². The average Bonchev–Trinajstić information content (AvgIpc) is 2.67. The second-order valence-electron chi connectivity index (χ2n) is 6.11. The molecule has 0 saturated heterocycles. The summed E-state index contributed by atoms with van der Waals surface area (Å²) in [6.45, 7) is -0.630. The summed E-state index contributed by atoms with van der Waals surface area (Å²) in [5.74, 6) is 0.463. The SMILES string of the molecule is CN=C(NCCc1ccc(NC(C)=O)cc1)NCc1cc(Cl)ccc1OC(F)F. The number of guanidine groups is 1. The molecule has 0 saturated carbocycles. The number of amides is 1. The van der Waals surface area contributed by atoms with Gasteiger partial charge in [0.2, 0.25) is 5.91 Å². The molecule has 0 unspecified atom stereocenters. The smallest absolute Gasteiger partial charge is 0.387 e. The summed E-state index contributed by atoms with van der Waals surface area (Å²) < 4.78 is 29.6. The Hall–Kier alpha value is -2.87. The summed E-state index contributed by atoms with van der Waals surface area (Å²) in [5, 5.41) is 9.35. The molecule has 0 aliphatic rings. The number of nitrogens with zero attached hydrogens (tertiary/aromatic N) is 1. The van der Waals surface area contributed by atoms with Crippen molar-refractivity contribution in [3.8, 4) is 5.75 Å². The first kappa shape index (κ1) is 22.4. The molecule has 6 nitrogen and oxygen atoms in total. The van der Waals surface area contributed by atoms with E-state index in [1.165, 1.54) is 19.1 Å². The Balaban J connectivity index is 1.85. The van der Waals surface area contributed by atoms with Gasteiger partial charge >= 0.3 is 6.61 Å². The Kier molecular flexibility index (Phi) is 8.67. The summed E-state index contributed by atoms with van der Waals surface area (Å²) in [7, 11) is 1.62. The molecule has 9 heteroatoms. The number of rotatable bonds is 8. The van der Waals surface area contributed by atoms with Gasteiger partial charge in [0.05, 0.1) is 0 Å². The van der Waals surface area contributed by atoms with Crippen LogP contribution in [0.5, 0.6) is 5.75 Å². The zero-order chi connectivity index (χ0) is 21.2. The summed E-state index contributed by atoms with van der Waals surface area (Å²) in [6, 6.07) is 12.0. The van der Waals surface area contributed by atoms with Gasteiger partial charge in [-0.25, -0.2) is 0 Å². The lowest BCUT2D eigenvalue weighted by Gasteiger charge is -2.15. The summed E-state index contributed by atoms with van der Waals surface area (Å²) in [5.41, 5.74) is 2.33. The molecule has 0 fully saturated rings. The van der Waals surface area contributed by atoms with Crippen LogP contribution in [-0.2, 0) is 17.8 Å². The van der Waals surface area contributed by atoms with Gasteiger partial charge in [-0.15, -0.1) is 0 Å². The first-order valence-electron chi connectivity index (χ1n) is 8.91. The van der Waals surface area contributed by atoms with Crippen molar-refractivity contribution in [1.29, 1.82) is 0 Å². The number of nitrogens with one attached hydrogen (secondary N) is 3. The first-order valence-corrected chi connectivity index (χ1v) is 9.29. The minimum Gasteiger partial charge on any atom is -0.434 e. The van der Waals surface area contributed by atoms with Gasteiger partial charge in [-0.05, 0) is 42.3 Å². The third kappa shape index (κ3) is 7.95. The zero-order valence-corrected chi connectivity index (χ0v) is 16.9. The van der Waals surface area contributed by atoms with Gasteiger partial charge in [0.15, 0.2) is 5.96 Å². The van der Waals surface area contributed by atoms with Crippen LogP contribution >= 0.6 is 11.6 Å². The quantitative estimate of drug-likeness (QED) is 0.445. The Morgan fingerprint density at radius 1 is 1.17 bits per heavy atom. The molecule has 0 radical (unpaired) electrons. The maximum atomic E-state index is 12.5. The lowest BCUT2D eigenvalue weighted by atomic mass is 10.1. The minimum absolute atomic E-state index is 0.0617. The van der Waals surface area contributed by atoms with Crippen LogP contribution in [0.1, 0.15) is 18.1 Å². The number of hydrogen-bond acceptors (Lipinski definition) is 3. The van der Waals surface area contributed by atoms with Gasteiger partial charge in [-0.2, -0.15) is 8.78 Å². The highest BCUT2D eigenvalue weighted by Gasteiger charge is 2.11. The minimum atomic E-state index is -2.91. The van der Waals surface area contributed by atoms with Crippen molar-refractivity contribution < 1.29 is 18.3 Å². The number of ether oxygens (including phenoxy) is 1. The number of benzene rings is 2. The fourth-order valence-electron chi connectivity index (χ4n) is 2.58. The van der Waals surface area contributed by atoms with Crippen molar-refractivity contribution in [2.45, 2.75) is 26.5 Å². The molecule has 29 heavy (non-hydrogen) atoms. The highest BCUT2D eigenvalue weighted by molar-refractivity contribution is 6.30. The molecular formula is C20H23ClF2N4O2. The number of alkyl halides is 2. The van der Waals surface area contributed by atoms with Crippen molar-refractivity contribution >= 4 is 29.2 Å². The number of halogens is 3. The van der Waals surface area contributed by atoms with Crippen LogP contribution < -0.4 is 20.7 Å². The van der Waals surface area contributed by atoms with E-state index in [4.69, 9.17) is 11.6 Å². The number of carbonyl (C=O) groups excluding carboxylic acids is 1. The Morgan fingerprint density at radius 2 is 1.90 bits per heavy atom. The van der Waals surface area contributed by atoms with Gasteiger partial charge in [0.1, 0.15) is 5.75 Å². The summed E-state index contributed by atoms with van der Waals surface area (Å²) in [4.78, 5) is 15.2.